The fourth-order valence-electron chi connectivity index (χ4n) is 2.41. The highest BCUT2D eigenvalue weighted by atomic mass is 32.1. The van der Waals surface area contributed by atoms with Gasteiger partial charge in [0.05, 0.1) is 16.8 Å². The van der Waals surface area contributed by atoms with Crippen molar-refractivity contribution >= 4 is 22.0 Å². The SMILES string of the molecule is CCC(CC)c1nn2cc(-c3ccc([N+](=O)[O-])cc3)nc2s1. The van der Waals surface area contributed by atoms with Crippen molar-refractivity contribution in [3.63, 3.8) is 0 Å². The third-order valence-corrected chi connectivity index (χ3v) is 4.85. The number of fused-ring (bicyclic) bond motifs is 1. The standard InChI is InChI=1S/C15H16N4O2S/c1-3-10(4-2)14-17-18-9-13(16-15(18)22-14)11-5-7-12(8-6-11)19(20)21/h5-10H,3-4H2,1-2H3. The Labute approximate surface area is 131 Å². The first-order valence-corrected chi connectivity index (χ1v) is 8.05. The van der Waals surface area contributed by atoms with E-state index in [0.717, 1.165) is 34.1 Å². The van der Waals surface area contributed by atoms with E-state index in [1.165, 1.54) is 12.1 Å². The first kappa shape index (κ1) is 14.6. The van der Waals surface area contributed by atoms with Crippen molar-refractivity contribution in [1.82, 2.24) is 14.6 Å². The smallest absolute Gasteiger partial charge is 0.258 e. The van der Waals surface area contributed by atoms with Gasteiger partial charge in [-0.2, -0.15) is 5.10 Å². The van der Waals surface area contributed by atoms with Crippen molar-refractivity contribution in [3.8, 4) is 11.3 Å². The molecule has 0 spiro atoms. The lowest BCUT2D eigenvalue weighted by Crippen LogP contribution is -1.95. The monoisotopic (exact) mass is 316 g/mol. The fourth-order valence-corrected chi connectivity index (χ4v) is 3.56. The molecule has 0 radical (unpaired) electrons. The minimum Gasteiger partial charge on any atom is -0.258 e. The fraction of sp³-hybridized carbons (Fsp3) is 0.333. The van der Waals surface area contributed by atoms with E-state index in [0.29, 0.717) is 5.92 Å². The van der Waals surface area contributed by atoms with E-state index < -0.39 is 4.92 Å². The molecule has 0 N–H and O–H groups in total. The van der Waals surface area contributed by atoms with Crippen LogP contribution in [0.25, 0.3) is 16.2 Å². The maximum absolute atomic E-state index is 10.7. The number of non-ortho nitro benzene ring substituents is 1. The summed E-state index contributed by atoms with van der Waals surface area (Å²) >= 11 is 1.61. The average molecular weight is 316 g/mol. The molecular formula is C15H16N4O2S. The van der Waals surface area contributed by atoms with Crippen molar-refractivity contribution in [3.05, 3.63) is 45.6 Å². The number of nitro benzene ring substituents is 1. The summed E-state index contributed by atoms with van der Waals surface area (Å²) in [5.41, 5.74) is 1.72. The molecule has 2 heterocycles. The molecule has 0 bridgehead atoms. The van der Waals surface area contributed by atoms with E-state index in [1.807, 2.05) is 6.20 Å². The van der Waals surface area contributed by atoms with Crippen LogP contribution in [-0.4, -0.2) is 19.5 Å². The molecule has 0 atom stereocenters. The zero-order valence-electron chi connectivity index (χ0n) is 12.4. The van der Waals surface area contributed by atoms with Crippen LogP contribution in [-0.2, 0) is 0 Å². The van der Waals surface area contributed by atoms with Crippen LogP contribution in [0.2, 0.25) is 0 Å². The van der Waals surface area contributed by atoms with Crippen molar-refractivity contribution in [2.75, 3.05) is 0 Å². The van der Waals surface area contributed by atoms with Crippen LogP contribution in [0.5, 0.6) is 0 Å². The number of nitrogens with zero attached hydrogens (tertiary/aromatic N) is 4. The molecule has 0 saturated heterocycles. The molecule has 6 nitrogen and oxygen atoms in total. The van der Waals surface area contributed by atoms with Crippen LogP contribution in [0.15, 0.2) is 30.5 Å². The molecule has 2 aromatic heterocycles. The Balaban J connectivity index is 1.92. The Bertz CT molecular complexity index is 771. The van der Waals surface area contributed by atoms with Gasteiger partial charge in [-0.25, -0.2) is 9.50 Å². The number of rotatable bonds is 5. The summed E-state index contributed by atoms with van der Waals surface area (Å²) in [4.78, 5) is 15.7. The lowest BCUT2D eigenvalue weighted by Gasteiger charge is -2.05. The summed E-state index contributed by atoms with van der Waals surface area (Å²) < 4.78 is 1.80. The van der Waals surface area contributed by atoms with Crippen LogP contribution in [0.3, 0.4) is 0 Å². The minimum atomic E-state index is -0.404. The first-order valence-electron chi connectivity index (χ1n) is 7.23. The molecule has 0 fully saturated rings. The number of nitro groups is 1. The predicted molar refractivity (Wildman–Crippen MR) is 86.3 cm³/mol. The van der Waals surface area contributed by atoms with Crippen LogP contribution in [0.1, 0.15) is 37.6 Å². The van der Waals surface area contributed by atoms with Gasteiger partial charge in [-0.15, -0.1) is 0 Å². The molecule has 3 aromatic rings. The maximum atomic E-state index is 10.7. The highest BCUT2D eigenvalue weighted by molar-refractivity contribution is 7.16. The Hall–Kier alpha value is -2.28. The van der Waals surface area contributed by atoms with E-state index in [4.69, 9.17) is 0 Å². The molecule has 114 valence electrons. The Morgan fingerprint density at radius 2 is 1.95 bits per heavy atom. The van der Waals surface area contributed by atoms with Gasteiger partial charge in [-0.3, -0.25) is 10.1 Å². The van der Waals surface area contributed by atoms with Crippen molar-refractivity contribution in [2.45, 2.75) is 32.6 Å². The molecule has 22 heavy (non-hydrogen) atoms. The van der Waals surface area contributed by atoms with Crippen LogP contribution < -0.4 is 0 Å². The third-order valence-electron chi connectivity index (χ3n) is 3.77. The quantitative estimate of drug-likeness (QED) is 0.520. The third kappa shape index (κ3) is 2.59. The molecule has 0 unspecified atom stereocenters. The Morgan fingerprint density at radius 3 is 2.50 bits per heavy atom. The first-order chi connectivity index (χ1) is 10.6. The summed E-state index contributed by atoms with van der Waals surface area (Å²) in [5.74, 6) is 0.481. The molecule has 1 aromatic carbocycles. The summed E-state index contributed by atoms with van der Waals surface area (Å²) in [6.45, 7) is 4.33. The van der Waals surface area contributed by atoms with E-state index in [2.05, 4.69) is 23.9 Å². The van der Waals surface area contributed by atoms with Crippen molar-refractivity contribution in [1.29, 1.82) is 0 Å². The van der Waals surface area contributed by atoms with Crippen LogP contribution in [0.4, 0.5) is 5.69 Å². The van der Waals surface area contributed by atoms with E-state index >= 15 is 0 Å². The Kier molecular flexibility index (Phi) is 3.89. The van der Waals surface area contributed by atoms with Gasteiger partial charge in [0.2, 0.25) is 4.96 Å². The maximum Gasteiger partial charge on any atom is 0.269 e. The minimum absolute atomic E-state index is 0.0823. The van der Waals surface area contributed by atoms with Gasteiger partial charge in [0.1, 0.15) is 5.01 Å². The number of hydrogen-bond donors (Lipinski definition) is 0. The lowest BCUT2D eigenvalue weighted by atomic mass is 10.1. The van der Waals surface area contributed by atoms with Gasteiger partial charge in [-0.1, -0.05) is 25.2 Å². The number of hydrogen-bond acceptors (Lipinski definition) is 5. The average Bonchev–Trinajstić information content (AvgIpc) is 3.07. The molecule has 0 aliphatic carbocycles. The molecule has 0 amide bonds. The predicted octanol–water partition coefficient (Wildman–Crippen LogP) is 4.27. The number of aromatic nitrogens is 3. The van der Waals surface area contributed by atoms with Crippen LogP contribution >= 0.6 is 11.3 Å². The number of benzene rings is 1. The second-order valence-electron chi connectivity index (χ2n) is 5.11. The Morgan fingerprint density at radius 1 is 1.27 bits per heavy atom. The van der Waals surface area contributed by atoms with Gasteiger partial charge in [-0.05, 0) is 25.0 Å². The summed E-state index contributed by atoms with van der Waals surface area (Å²) in [6, 6.07) is 6.41. The van der Waals surface area contributed by atoms with E-state index in [-0.39, 0.29) is 5.69 Å². The second-order valence-corrected chi connectivity index (χ2v) is 6.10. The van der Waals surface area contributed by atoms with Gasteiger partial charge in [0.15, 0.2) is 0 Å². The van der Waals surface area contributed by atoms with E-state index in [1.54, 1.807) is 28.0 Å². The molecule has 0 aliphatic heterocycles. The van der Waals surface area contributed by atoms with Crippen molar-refractivity contribution in [2.24, 2.45) is 0 Å². The highest BCUT2D eigenvalue weighted by Gasteiger charge is 2.15. The van der Waals surface area contributed by atoms with Gasteiger partial charge in [0, 0.05) is 23.6 Å². The second kappa shape index (κ2) is 5.84. The zero-order chi connectivity index (χ0) is 15.7. The molecule has 3 rings (SSSR count). The molecule has 0 aliphatic rings. The summed E-state index contributed by atoms with van der Waals surface area (Å²) in [5, 5.41) is 16.4. The number of imidazole rings is 1. The summed E-state index contributed by atoms with van der Waals surface area (Å²) in [6.07, 6.45) is 4.02. The van der Waals surface area contributed by atoms with Gasteiger partial charge in [0.25, 0.3) is 5.69 Å². The summed E-state index contributed by atoms with van der Waals surface area (Å²) in [7, 11) is 0. The topological polar surface area (TPSA) is 73.3 Å². The molecule has 0 saturated carbocycles. The normalized spacial score (nSPS) is 11.4. The van der Waals surface area contributed by atoms with Gasteiger partial charge < -0.3 is 0 Å². The molecule has 7 heteroatoms. The highest BCUT2D eigenvalue weighted by Crippen LogP contribution is 2.29. The zero-order valence-corrected chi connectivity index (χ0v) is 13.2. The molecular weight excluding hydrogens is 300 g/mol. The van der Waals surface area contributed by atoms with Gasteiger partial charge >= 0.3 is 0 Å². The van der Waals surface area contributed by atoms with E-state index in [9.17, 15) is 10.1 Å². The largest absolute Gasteiger partial charge is 0.269 e. The van der Waals surface area contributed by atoms with Crippen LogP contribution in [0, 0.1) is 10.1 Å². The van der Waals surface area contributed by atoms with Crippen molar-refractivity contribution < 1.29 is 4.92 Å². The lowest BCUT2D eigenvalue weighted by molar-refractivity contribution is -0.384.